The Morgan fingerprint density at radius 1 is 1.42 bits per heavy atom. The standard InChI is InChI=1S/C13H16N2O3S/c1-2-12-10-15(7-8-18-12)19(16,17)13-5-3-11(9-14)4-6-13/h3-6,12H,2,7-8,10H2,1H3. The number of nitrogens with zero attached hydrogens (tertiary/aromatic N) is 2. The third-order valence-electron chi connectivity index (χ3n) is 3.18. The van der Waals surface area contributed by atoms with Crippen LogP contribution in [0.2, 0.25) is 0 Å². The number of sulfonamides is 1. The zero-order valence-electron chi connectivity index (χ0n) is 10.7. The van der Waals surface area contributed by atoms with E-state index < -0.39 is 10.0 Å². The fourth-order valence-electron chi connectivity index (χ4n) is 2.01. The molecule has 1 aliphatic rings. The molecule has 1 aromatic rings. The second kappa shape index (κ2) is 5.70. The summed E-state index contributed by atoms with van der Waals surface area (Å²) >= 11 is 0. The Morgan fingerprint density at radius 2 is 2.11 bits per heavy atom. The van der Waals surface area contributed by atoms with Crippen LogP contribution in [-0.4, -0.2) is 38.5 Å². The molecule has 1 aromatic carbocycles. The molecule has 0 spiro atoms. The molecule has 102 valence electrons. The van der Waals surface area contributed by atoms with Crippen molar-refractivity contribution in [3.63, 3.8) is 0 Å². The summed E-state index contributed by atoms with van der Waals surface area (Å²) in [6.07, 6.45) is 0.751. The maximum Gasteiger partial charge on any atom is 0.243 e. The number of rotatable bonds is 3. The van der Waals surface area contributed by atoms with Gasteiger partial charge in [-0.2, -0.15) is 9.57 Å². The molecule has 5 nitrogen and oxygen atoms in total. The zero-order valence-corrected chi connectivity index (χ0v) is 11.6. The first-order chi connectivity index (χ1) is 9.07. The van der Waals surface area contributed by atoms with Crippen LogP contribution in [0.5, 0.6) is 0 Å². The topological polar surface area (TPSA) is 70.4 Å². The van der Waals surface area contributed by atoms with E-state index in [9.17, 15) is 8.42 Å². The number of hydrogen-bond donors (Lipinski definition) is 0. The average Bonchev–Trinajstić information content (AvgIpc) is 2.47. The molecular formula is C13H16N2O3S. The maximum absolute atomic E-state index is 12.4. The maximum atomic E-state index is 12.4. The molecule has 1 atom stereocenters. The first kappa shape index (κ1) is 14.0. The largest absolute Gasteiger partial charge is 0.375 e. The van der Waals surface area contributed by atoms with Crippen LogP contribution >= 0.6 is 0 Å². The van der Waals surface area contributed by atoms with E-state index in [-0.39, 0.29) is 11.0 Å². The summed E-state index contributed by atoms with van der Waals surface area (Å²) in [6.45, 7) is 3.16. The van der Waals surface area contributed by atoms with E-state index in [0.717, 1.165) is 6.42 Å². The van der Waals surface area contributed by atoms with E-state index in [1.165, 1.54) is 28.6 Å². The highest BCUT2D eigenvalue weighted by Gasteiger charge is 2.29. The molecule has 1 heterocycles. The van der Waals surface area contributed by atoms with Crippen LogP contribution in [0.25, 0.3) is 0 Å². The summed E-state index contributed by atoms with van der Waals surface area (Å²) in [4.78, 5) is 0.225. The first-order valence-corrected chi connectivity index (χ1v) is 7.64. The SMILES string of the molecule is CCC1CN(S(=O)(=O)c2ccc(C#N)cc2)CCO1. The van der Waals surface area contributed by atoms with Gasteiger partial charge in [0.1, 0.15) is 0 Å². The minimum Gasteiger partial charge on any atom is -0.375 e. The van der Waals surface area contributed by atoms with Crippen molar-refractivity contribution in [2.24, 2.45) is 0 Å². The molecule has 6 heteroatoms. The van der Waals surface area contributed by atoms with Crippen LogP contribution in [-0.2, 0) is 14.8 Å². The normalized spacial score (nSPS) is 20.9. The van der Waals surface area contributed by atoms with Gasteiger partial charge in [-0.25, -0.2) is 8.42 Å². The van der Waals surface area contributed by atoms with Gasteiger partial charge in [0, 0.05) is 13.1 Å². The molecule has 0 aromatic heterocycles. The lowest BCUT2D eigenvalue weighted by Crippen LogP contribution is -2.45. The van der Waals surface area contributed by atoms with E-state index in [2.05, 4.69) is 0 Å². The lowest BCUT2D eigenvalue weighted by molar-refractivity contribution is -0.00277. The van der Waals surface area contributed by atoms with Gasteiger partial charge in [-0.1, -0.05) is 6.92 Å². The van der Waals surface area contributed by atoms with Gasteiger partial charge in [0.15, 0.2) is 0 Å². The quantitative estimate of drug-likeness (QED) is 0.838. The highest BCUT2D eigenvalue weighted by atomic mass is 32.2. The van der Waals surface area contributed by atoms with Gasteiger partial charge < -0.3 is 4.74 Å². The predicted molar refractivity (Wildman–Crippen MR) is 69.9 cm³/mol. The van der Waals surface area contributed by atoms with Gasteiger partial charge in [-0.15, -0.1) is 0 Å². The van der Waals surface area contributed by atoms with Gasteiger partial charge in [0.2, 0.25) is 10.0 Å². The number of morpholine rings is 1. The number of ether oxygens (including phenoxy) is 1. The Bertz CT molecular complexity index is 575. The van der Waals surface area contributed by atoms with Crippen molar-refractivity contribution in [1.29, 1.82) is 5.26 Å². The van der Waals surface area contributed by atoms with Crippen molar-refractivity contribution in [2.45, 2.75) is 24.3 Å². The Kier molecular flexibility index (Phi) is 4.20. The van der Waals surface area contributed by atoms with Crippen molar-refractivity contribution in [2.75, 3.05) is 19.7 Å². The Morgan fingerprint density at radius 3 is 2.68 bits per heavy atom. The van der Waals surface area contributed by atoms with E-state index in [1.54, 1.807) is 0 Å². The van der Waals surface area contributed by atoms with Crippen LogP contribution in [0.15, 0.2) is 29.2 Å². The average molecular weight is 280 g/mol. The molecule has 0 amide bonds. The molecule has 19 heavy (non-hydrogen) atoms. The molecule has 0 aliphatic carbocycles. The minimum absolute atomic E-state index is 0.0399. The monoisotopic (exact) mass is 280 g/mol. The van der Waals surface area contributed by atoms with Crippen LogP contribution in [0, 0.1) is 11.3 Å². The lowest BCUT2D eigenvalue weighted by Gasteiger charge is -2.31. The Balaban J connectivity index is 2.23. The molecule has 0 saturated carbocycles. The summed E-state index contributed by atoms with van der Waals surface area (Å²) in [7, 11) is -3.49. The van der Waals surface area contributed by atoms with Crippen molar-refractivity contribution in [3.05, 3.63) is 29.8 Å². The van der Waals surface area contributed by atoms with E-state index in [4.69, 9.17) is 10.00 Å². The molecular weight excluding hydrogens is 264 g/mol. The number of nitriles is 1. The van der Waals surface area contributed by atoms with Gasteiger partial charge in [0.25, 0.3) is 0 Å². The van der Waals surface area contributed by atoms with Gasteiger partial charge in [-0.05, 0) is 30.7 Å². The van der Waals surface area contributed by atoms with Crippen molar-refractivity contribution < 1.29 is 13.2 Å². The molecule has 1 fully saturated rings. The highest BCUT2D eigenvalue weighted by molar-refractivity contribution is 7.89. The predicted octanol–water partition coefficient (Wildman–Crippen LogP) is 1.36. The Hall–Kier alpha value is -1.42. The van der Waals surface area contributed by atoms with Crippen LogP contribution in [0.1, 0.15) is 18.9 Å². The minimum atomic E-state index is -3.49. The summed E-state index contributed by atoms with van der Waals surface area (Å²) in [6, 6.07) is 7.96. The highest BCUT2D eigenvalue weighted by Crippen LogP contribution is 2.20. The third-order valence-corrected chi connectivity index (χ3v) is 5.06. The fourth-order valence-corrected chi connectivity index (χ4v) is 3.46. The molecule has 1 aliphatic heterocycles. The van der Waals surface area contributed by atoms with Gasteiger partial charge in [-0.3, -0.25) is 0 Å². The molecule has 1 saturated heterocycles. The Labute approximate surface area is 113 Å². The lowest BCUT2D eigenvalue weighted by atomic mass is 10.2. The van der Waals surface area contributed by atoms with E-state index in [0.29, 0.717) is 25.3 Å². The summed E-state index contributed by atoms with van der Waals surface area (Å²) in [5.74, 6) is 0. The summed E-state index contributed by atoms with van der Waals surface area (Å²) in [5, 5.41) is 8.72. The first-order valence-electron chi connectivity index (χ1n) is 6.20. The van der Waals surface area contributed by atoms with Gasteiger partial charge >= 0.3 is 0 Å². The zero-order chi connectivity index (χ0) is 13.9. The third kappa shape index (κ3) is 2.95. The van der Waals surface area contributed by atoms with Crippen LogP contribution in [0.3, 0.4) is 0 Å². The molecule has 1 unspecified atom stereocenters. The number of hydrogen-bond acceptors (Lipinski definition) is 4. The van der Waals surface area contributed by atoms with Crippen molar-refractivity contribution in [3.8, 4) is 6.07 Å². The second-order valence-corrected chi connectivity index (χ2v) is 6.34. The van der Waals surface area contributed by atoms with Crippen LogP contribution < -0.4 is 0 Å². The molecule has 0 N–H and O–H groups in total. The van der Waals surface area contributed by atoms with Crippen LogP contribution in [0.4, 0.5) is 0 Å². The molecule has 0 radical (unpaired) electrons. The smallest absolute Gasteiger partial charge is 0.243 e. The van der Waals surface area contributed by atoms with Crippen molar-refractivity contribution >= 4 is 10.0 Å². The summed E-state index contributed by atoms with van der Waals surface area (Å²) in [5.41, 5.74) is 0.451. The molecule has 0 bridgehead atoms. The van der Waals surface area contributed by atoms with E-state index in [1.807, 2.05) is 13.0 Å². The van der Waals surface area contributed by atoms with E-state index >= 15 is 0 Å². The number of benzene rings is 1. The molecule has 2 rings (SSSR count). The summed E-state index contributed by atoms with van der Waals surface area (Å²) < 4.78 is 31.8. The second-order valence-electron chi connectivity index (χ2n) is 4.40. The van der Waals surface area contributed by atoms with Crippen molar-refractivity contribution in [1.82, 2.24) is 4.31 Å². The van der Waals surface area contributed by atoms with Gasteiger partial charge in [0.05, 0.1) is 29.2 Å². The fraction of sp³-hybridized carbons (Fsp3) is 0.462.